The summed E-state index contributed by atoms with van der Waals surface area (Å²) in [4.78, 5) is 24.2. The number of nitrogens with one attached hydrogen (secondary N) is 1. The van der Waals surface area contributed by atoms with Crippen LogP contribution in [0.2, 0.25) is 0 Å². The molecule has 1 N–H and O–H groups in total. The summed E-state index contributed by atoms with van der Waals surface area (Å²) in [7, 11) is -3.16. The van der Waals surface area contributed by atoms with E-state index in [1.807, 2.05) is 6.92 Å². The fraction of sp³-hybridized carbons (Fsp3) is 0.588. The first-order valence-electron chi connectivity index (χ1n) is 9.04. The third-order valence-electron chi connectivity index (χ3n) is 4.61. The molecule has 0 bridgehead atoms. The maximum Gasteiger partial charge on any atom is 0.416 e. The Morgan fingerprint density at radius 2 is 2.07 bits per heavy atom. The monoisotopic (exact) mass is 437 g/mol. The largest absolute Gasteiger partial charge is 0.416 e. The summed E-state index contributed by atoms with van der Waals surface area (Å²) in [5, 5.41) is 13.7. The summed E-state index contributed by atoms with van der Waals surface area (Å²) in [5.41, 5.74) is -2.00. The van der Waals surface area contributed by atoms with Crippen molar-refractivity contribution in [2.45, 2.75) is 38.4 Å². The summed E-state index contributed by atoms with van der Waals surface area (Å²) in [6, 6.07) is 1.73. The summed E-state index contributed by atoms with van der Waals surface area (Å²) < 4.78 is 61.6. The average Bonchev–Trinajstić information content (AvgIpc) is 2.98. The van der Waals surface area contributed by atoms with Crippen LogP contribution in [-0.2, 0) is 20.8 Å². The first kappa shape index (κ1) is 22.9. The molecular weight excluding hydrogens is 415 g/mol. The van der Waals surface area contributed by atoms with E-state index in [2.05, 4.69) is 5.32 Å². The zero-order chi connectivity index (χ0) is 21.8. The normalized spacial score (nSPS) is 18.4. The van der Waals surface area contributed by atoms with Gasteiger partial charge in [-0.05, 0) is 25.0 Å². The van der Waals surface area contributed by atoms with Crippen LogP contribution >= 0.6 is 0 Å². The van der Waals surface area contributed by atoms with Crippen LogP contribution < -0.4 is 5.32 Å². The maximum atomic E-state index is 12.7. The summed E-state index contributed by atoms with van der Waals surface area (Å²) in [6.45, 7) is 2.21. The van der Waals surface area contributed by atoms with Crippen LogP contribution in [-0.4, -0.2) is 54.8 Å². The number of hydrogen-bond donors (Lipinski definition) is 1. The van der Waals surface area contributed by atoms with Crippen molar-refractivity contribution < 1.29 is 31.3 Å². The number of amides is 1. The van der Waals surface area contributed by atoms with Crippen LogP contribution in [0.5, 0.6) is 0 Å². The minimum absolute atomic E-state index is 0.0289. The molecule has 1 fully saturated rings. The lowest BCUT2D eigenvalue weighted by molar-refractivity contribution is -0.384. The summed E-state index contributed by atoms with van der Waals surface area (Å²) in [5.74, 6) is -0.367. The quantitative estimate of drug-likeness (QED) is 0.495. The van der Waals surface area contributed by atoms with Crippen molar-refractivity contribution in [3.8, 4) is 0 Å². The zero-order valence-electron chi connectivity index (χ0n) is 15.7. The van der Waals surface area contributed by atoms with Gasteiger partial charge in [0.2, 0.25) is 5.91 Å². The van der Waals surface area contributed by atoms with E-state index in [4.69, 9.17) is 0 Å². The number of carbonyl (C=O) groups is 1. The molecule has 0 spiro atoms. The second kappa shape index (κ2) is 8.97. The van der Waals surface area contributed by atoms with E-state index in [1.54, 1.807) is 0 Å². The number of anilines is 1. The van der Waals surface area contributed by atoms with E-state index in [0.717, 1.165) is 12.1 Å². The van der Waals surface area contributed by atoms with Gasteiger partial charge in [-0.15, -0.1) is 0 Å². The van der Waals surface area contributed by atoms with Gasteiger partial charge in [0.15, 0.2) is 9.84 Å². The summed E-state index contributed by atoms with van der Waals surface area (Å²) in [6.07, 6.45) is -3.78. The van der Waals surface area contributed by atoms with Gasteiger partial charge in [0, 0.05) is 31.6 Å². The fourth-order valence-corrected chi connectivity index (χ4v) is 4.96. The molecule has 0 radical (unpaired) electrons. The minimum Gasteiger partial charge on any atom is -0.379 e. The van der Waals surface area contributed by atoms with Gasteiger partial charge in [0.25, 0.3) is 5.69 Å². The SMILES string of the molecule is CCCN(C(=O)CCNc1ccc(C(F)(F)F)cc1[N+](=O)[O-])C1CCS(=O)(=O)C1. The number of nitrogens with zero attached hydrogens (tertiary/aromatic N) is 2. The van der Waals surface area contributed by atoms with Gasteiger partial charge >= 0.3 is 6.18 Å². The van der Waals surface area contributed by atoms with Crippen molar-refractivity contribution in [1.82, 2.24) is 4.90 Å². The van der Waals surface area contributed by atoms with Crippen LogP contribution in [0.1, 0.15) is 31.7 Å². The first-order valence-corrected chi connectivity index (χ1v) is 10.9. The molecule has 0 saturated carbocycles. The number of hydrogen-bond acceptors (Lipinski definition) is 6. The molecule has 12 heteroatoms. The fourth-order valence-electron chi connectivity index (χ4n) is 3.23. The van der Waals surface area contributed by atoms with E-state index in [-0.39, 0.29) is 36.1 Å². The predicted octanol–water partition coefficient (Wildman–Crippen LogP) is 2.84. The molecule has 1 atom stereocenters. The smallest absolute Gasteiger partial charge is 0.379 e. The molecule has 1 saturated heterocycles. The molecule has 1 heterocycles. The van der Waals surface area contributed by atoms with Gasteiger partial charge in [-0.3, -0.25) is 14.9 Å². The number of benzene rings is 1. The Hall–Kier alpha value is -2.37. The molecule has 0 aromatic heterocycles. The number of rotatable bonds is 8. The van der Waals surface area contributed by atoms with E-state index in [0.29, 0.717) is 25.5 Å². The zero-order valence-corrected chi connectivity index (χ0v) is 16.6. The highest BCUT2D eigenvalue weighted by molar-refractivity contribution is 7.91. The lowest BCUT2D eigenvalue weighted by Crippen LogP contribution is -2.42. The highest BCUT2D eigenvalue weighted by Gasteiger charge is 2.34. The van der Waals surface area contributed by atoms with Crippen molar-refractivity contribution in [1.29, 1.82) is 0 Å². The number of carbonyl (C=O) groups excluding carboxylic acids is 1. The predicted molar refractivity (Wildman–Crippen MR) is 100 cm³/mol. The van der Waals surface area contributed by atoms with Crippen LogP contribution in [0.25, 0.3) is 0 Å². The van der Waals surface area contributed by atoms with Crippen molar-refractivity contribution in [2.24, 2.45) is 0 Å². The molecule has 8 nitrogen and oxygen atoms in total. The topological polar surface area (TPSA) is 110 Å². The second-order valence-corrected chi connectivity index (χ2v) is 9.04. The third kappa shape index (κ3) is 6.05. The molecular formula is C17H22F3N3O5S. The lowest BCUT2D eigenvalue weighted by Gasteiger charge is -2.28. The lowest BCUT2D eigenvalue weighted by atomic mass is 10.1. The highest BCUT2D eigenvalue weighted by atomic mass is 32.2. The Bertz CT molecular complexity index is 874. The van der Waals surface area contributed by atoms with Crippen molar-refractivity contribution in [3.05, 3.63) is 33.9 Å². The third-order valence-corrected chi connectivity index (χ3v) is 6.36. The molecule has 1 aliphatic heterocycles. The van der Waals surface area contributed by atoms with Crippen molar-refractivity contribution >= 4 is 27.1 Å². The Morgan fingerprint density at radius 1 is 1.38 bits per heavy atom. The highest BCUT2D eigenvalue weighted by Crippen LogP contribution is 2.35. The maximum absolute atomic E-state index is 12.7. The molecule has 162 valence electrons. The average molecular weight is 437 g/mol. The van der Waals surface area contributed by atoms with Crippen molar-refractivity contribution in [3.63, 3.8) is 0 Å². The standard InChI is InChI=1S/C17H22F3N3O5S/c1-2-8-22(13-6-9-29(27,28)11-13)16(24)5-7-21-14-4-3-12(17(18,19)20)10-15(14)23(25)26/h3-4,10,13,21H,2,5-9,11H2,1H3. The first-order chi connectivity index (χ1) is 13.4. The Labute approximate surface area is 166 Å². The summed E-state index contributed by atoms with van der Waals surface area (Å²) >= 11 is 0. The van der Waals surface area contributed by atoms with Gasteiger partial charge in [0.05, 0.1) is 22.0 Å². The Morgan fingerprint density at radius 3 is 2.59 bits per heavy atom. The minimum atomic E-state index is -4.71. The van der Waals surface area contributed by atoms with Gasteiger partial charge in [-0.2, -0.15) is 13.2 Å². The molecule has 1 unspecified atom stereocenters. The molecule has 1 aliphatic rings. The molecule has 1 aromatic rings. The number of alkyl halides is 3. The van der Waals surface area contributed by atoms with Crippen LogP contribution in [0.4, 0.5) is 24.5 Å². The van der Waals surface area contributed by atoms with Gasteiger partial charge < -0.3 is 10.2 Å². The number of nitro benzene ring substituents is 1. The second-order valence-electron chi connectivity index (χ2n) is 6.81. The molecule has 1 aromatic carbocycles. The number of nitro groups is 1. The van der Waals surface area contributed by atoms with Crippen molar-refractivity contribution in [2.75, 3.05) is 29.9 Å². The molecule has 2 rings (SSSR count). The van der Waals surface area contributed by atoms with Gasteiger partial charge in [-0.1, -0.05) is 6.92 Å². The van der Waals surface area contributed by atoms with E-state index >= 15 is 0 Å². The van der Waals surface area contributed by atoms with E-state index in [9.17, 15) is 36.5 Å². The van der Waals surface area contributed by atoms with Crippen LogP contribution in [0.3, 0.4) is 0 Å². The van der Waals surface area contributed by atoms with Gasteiger partial charge in [0.1, 0.15) is 5.69 Å². The molecule has 29 heavy (non-hydrogen) atoms. The van der Waals surface area contributed by atoms with E-state index in [1.165, 1.54) is 4.90 Å². The van der Waals surface area contributed by atoms with E-state index < -0.39 is 38.2 Å². The number of halogens is 3. The molecule has 1 amide bonds. The van der Waals surface area contributed by atoms with Crippen LogP contribution in [0.15, 0.2) is 18.2 Å². The molecule has 0 aliphatic carbocycles. The number of sulfone groups is 1. The Kier molecular flexibility index (Phi) is 7.09. The Balaban J connectivity index is 2.04. The van der Waals surface area contributed by atoms with Crippen LogP contribution in [0, 0.1) is 10.1 Å². The van der Waals surface area contributed by atoms with Gasteiger partial charge in [-0.25, -0.2) is 8.42 Å².